The largest absolute Gasteiger partial charge is 0.450 e. The van der Waals surface area contributed by atoms with Crippen LogP contribution < -0.4 is 5.56 Å². The first kappa shape index (κ1) is 18.2. The lowest BCUT2D eigenvalue weighted by Gasteiger charge is -2.25. The summed E-state index contributed by atoms with van der Waals surface area (Å²) in [6.07, 6.45) is 0.279. The van der Waals surface area contributed by atoms with Gasteiger partial charge in [0.05, 0.1) is 24.2 Å². The number of hydrogen-bond acceptors (Lipinski definition) is 5. The molecule has 3 heterocycles. The van der Waals surface area contributed by atoms with Crippen molar-refractivity contribution in [2.45, 2.75) is 19.9 Å². The summed E-state index contributed by atoms with van der Waals surface area (Å²) in [5.74, 6) is 0. The molecule has 1 amide bonds. The molecule has 0 atom stereocenters. The Bertz CT molecular complexity index is 1150. The maximum Gasteiger partial charge on any atom is 0.410 e. The average molecular weight is 422 g/mol. The van der Waals surface area contributed by atoms with Gasteiger partial charge in [-0.2, -0.15) is 0 Å². The first-order chi connectivity index (χ1) is 13.0. The highest BCUT2D eigenvalue weighted by atomic mass is 35.5. The Morgan fingerprint density at radius 1 is 1.37 bits per heavy atom. The number of rotatable bonds is 2. The van der Waals surface area contributed by atoms with E-state index in [1.54, 1.807) is 36.1 Å². The van der Waals surface area contributed by atoms with E-state index in [2.05, 4.69) is 4.98 Å². The van der Waals surface area contributed by atoms with E-state index in [1.165, 1.54) is 15.9 Å². The summed E-state index contributed by atoms with van der Waals surface area (Å²) in [7, 11) is 0. The van der Waals surface area contributed by atoms with Crippen molar-refractivity contribution in [1.82, 2.24) is 14.5 Å². The molecule has 1 aromatic carbocycles. The number of nitrogens with zero attached hydrogens (tertiary/aromatic N) is 2. The van der Waals surface area contributed by atoms with Gasteiger partial charge >= 0.3 is 6.09 Å². The van der Waals surface area contributed by atoms with Gasteiger partial charge in [-0.25, -0.2) is 4.79 Å². The molecule has 3 aromatic rings. The van der Waals surface area contributed by atoms with E-state index in [0.717, 1.165) is 15.3 Å². The van der Waals surface area contributed by atoms with Gasteiger partial charge in [0.2, 0.25) is 0 Å². The van der Waals surface area contributed by atoms with Crippen LogP contribution in [0.3, 0.4) is 0 Å². The summed E-state index contributed by atoms with van der Waals surface area (Å²) in [5.41, 5.74) is 1.49. The number of halogens is 1. The molecule has 0 bridgehead atoms. The predicted molar refractivity (Wildman–Crippen MR) is 109 cm³/mol. The summed E-state index contributed by atoms with van der Waals surface area (Å²) < 4.78 is 6.90. The summed E-state index contributed by atoms with van der Waals surface area (Å²) in [5, 5.41) is 1.23. The third kappa shape index (κ3) is 3.18. The highest BCUT2D eigenvalue weighted by molar-refractivity contribution is 7.71. The molecule has 1 aliphatic heterocycles. The van der Waals surface area contributed by atoms with E-state index in [0.29, 0.717) is 47.0 Å². The van der Waals surface area contributed by atoms with E-state index in [1.807, 2.05) is 0 Å². The van der Waals surface area contributed by atoms with Gasteiger partial charge in [-0.1, -0.05) is 11.6 Å². The van der Waals surface area contributed by atoms with Crippen molar-refractivity contribution in [3.8, 4) is 5.69 Å². The second-order valence-electron chi connectivity index (χ2n) is 6.13. The molecule has 0 aliphatic carbocycles. The lowest BCUT2D eigenvalue weighted by molar-refractivity contribution is 0.103. The zero-order valence-electron chi connectivity index (χ0n) is 14.5. The van der Waals surface area contributed by atoms with E-state index in [4.69, 9.17) is 28.6 Å². The van der Waals surface area contributed by atoms with Crippen LogP contribution in [0.1, 0.15) is 17.4 Å². The Morgan fingerprint density at radius 3 is 2.81 bits per heavy atom. The van der Waals surface area contributed by atoms with E-state index >= 15 is 0 Å². The van der Waals surface area contributed by atoms with Gasteiger partial charge in [0, 0.05) is 16.4 Å². The van der Waals surface area contributed by atoms with Crippen LogP contribution in [0, 0.1) is 4.77 Å². The Hall–Kier alpha value is -2.16. The molecule has 0 fully saturated rings. The van der Waals surface area contributed by atoms with Crippen LogP contribution in [0.25, 0.3) is 15.9 Å². The van der Waals surface area contributed by atoms with Crippen LogP contribution >= 0.6 is 35.2 Å². The van der Waals surface area contributed by atoms with Crippen LogP contribution in [-0.2, 0) is 17.7 Å². The Morgan fingerprint density at radius 2 is 2.11 bits per heavy atom. The van der Waals surface area contributed by atoms with Gasteiger partial charge in [-0.3, -0.25) is 9.36 Å². The third-order valence-corrected chi connectivity index (χ3v) is 6.18. The fourth-order valence-electron chi connectivity index (χ4n) is 3.27. The Kier molecular flexibility index (Phi) is 4.79. The minimum absolute atomic E-state index is 0.154. The number of carbonyl (C=O) groups excluding carboxylic acids is 1. The van der Waals surface area contributed by atoms with Crippen LogP contribution in [0.5, 0.6) is 0 Å². The van der Waals surface area contributed by atoms with Crippen LogP contribution in [0.15, 0.2) is 29.1 Å². The van der Waals surface area contributed by atoms with Gasteiger partial charge in [-0.05, 0) is 55.4 Å². The molecule has 0 spiro atoms. The number of nitrogens with one attached hydrogen (secondary N) is 1. The maximum atomic E-state index is 13.2. The fourth-order valence-corrected chi connectivity index (χ4v) is 5.01. The van der Waals surface area contributed by atoms with Crippen LogP contribution in [0.4, 0.5) is 4.79 Å². The highest BCUT2D eigenvalue weighted by Gasteiger charge is 2.27. The van der Waals surface area contributed by atoms with Gasteiger partial charge in [0.1, 0.15) is 4.83 Å². The monoisotopic (exact) mass is 421 g/mol. The molecule has 0 saturated carbocycles. The molecule has 140 valence electrons. The van der Waals surface area contributed by atoms with Crippen molar-refractivity contribution in [3.05, 3.63) is 54.9 Å². The molecular weight excluding hydrogens is 406 g/mol. The molecular formula is C18H16ClN3O3S2. The zero-order valence-corrected chi connectivity index (χ0v) is 16.8. The number of H-pyrrole nitrogens is 1. The van der Waals surface area contributed by atoms with Crippen LogP contribution in [0.2, 0.25) is 5.02 Å². The van der Waals surface area contributed by atoms with E-state index < -0.39 is 0 Å². The van der Waals surface area contributed by atoms with Gasteiger partial charge in [-0.15, -0.1) is 11.3 Å². The lowest BCUT2D eigenvalue weighted by atomic mass is 10.1. The summed E-state index contributed by atoms with van der Waals surface area (Å²) in [4.78, 5) is 31.8. The molecule has 0 unspecified atom stereocenters. The van der Waals surface area contributed by atoms with E-state index in [-0.39, 0.29) is 11.7 Å². The zero-order chi connectivity index (χ0) is 19.1. The topological polar surface area (TPSA) is 67.3 Å². The van der Waals surface area contributed by atoms with Crippen molar-refractivity contribution >= 4 is 51.5 Å². The SMILES string of the molecule is CCOC(=O)N1CCc2c(sc3[nH]c(=S)n(-c4ccc(Cl)cc4)c(=O)c23)C1. The number of benzene rings is 1. The number of thiophene rings is 1. The van der Waals surface area contributed by atoms with Crippen molar-refractivity contribution in [2.75, 3.05) is 13.2 Å². The maximum absolute atomic E-state index is 13.2. The quantitative estimate of drug-likeness (QED) is 0.627. The summed E-state index contributed by atoms with van der Waals surface area (Å²) in [6, 6.07) is 6.98. The van der Waals surface area contributed by atoms with Gasteiger partial charge in [0.25, 0.3) is 5.56 Å². The smallest absolute Gasteiger partial charge is 0.410 e. The molecule has 1 aliphatic rings. The Balaban J connectivity index is 1.83. The van der Waals surface area contributed by atoms with Gasteiger partial charge < -0.3 is 14.6 Å². The first-order valence-corrected chi connectivity index (χ1v) is 10.1. The fraction of sp³-hybridized carbons (Fsp3) is 0.278. The molecule has 9 heteroatoms. The molecule has 1 N–H and O–H groups in total. The number of aromatic nitrogens is 2. The second kappa shape index (κ2) is 7.10. The van der Waals surface area contributed by atoms with Crippen molar-refractivity contribution in [3.63, 3.8) is 0 Å². The summed E-state index contributed by atoms with van der Waals surface area (Å²) >= 11 is 12.8. The highest BCUT2D eigenvalue weighted by Crippen LogP contribution is 2.33. The molecule has 6 nitrogen and oxygen atoms in total. The summed E-state index contributed by atoms with van der Waals surface area (Å²) in [6.45, 7) is 3.08. The standard InChI is InChI=1S/C18H16ClN3O3S2/c1-2-25-18(24)21-8-7-12-13(9-21)27-15-14(12)16(23)22(17(26)20-15)11-5-3-10(19)4-6-11/h3-6H,2,7-9H2,1H3,(H,20,26). The third-order valence-electron chi connectivity index (χ3n) is 4.51. The van der Waals surface area contributed by atoms with Crippen LogP contribution in [-0.4, -0.2) is 33.7 Å². The number of fused-ring (bicyclic) bond motifs is 3. The average Bonchev–Trinajstić information content (AvgIpc) is 3.00. The number of hydrogen-bond donors (Lipinski definition) is 1. The van der Waals surface area contributed by atoms with Crippen molar-refractivity contribution < 1.29 is 9.53 Å². The molecule has 0 saturated heterocycles. The minimum atomic E-state index is -0.327. The lowest BCUT2D eigenvalue weighted by Crippen LogP contribution is -2.36. The normalized spacial score (nSPS) is 13.6. The minimum Gasteiger partial charge on any atom is -0.450 e. The second-order valence-corrected chi connectivity index (χ2v) is 8.05. The van der Waals surface area contributed by atoms with Crippen molar-refractivity contribution in [1.29, 1.82) is 0 Å². The number of ether oxygens (including phenoxy) is 1. The predicted octanol–water partition coefficient (Wildman–Crippen LogP) is 4.28. The Labute approximate surface area is 169 Å². The molecule has 2 aromatic heterocycles. The van der Waals surface area contributed by atoms with Gasteiger partial charge in [0.15, 0.2) is 4.77 Å². The first-order valence-electron chi connectivity index (χ1n) is 8.46. The molecule has 4 rings (SSSR count). The van der Waals surface area contributed by atoms with E-state index in [9.17, 15) is 9.59 Å². The van der Waals surface area contributed by atoms with Crippen molar-refractivity contribution in [2.24, 2.45) is 0 Å². The molecule has 0 radical (unpaired) electrons. The number of carbonyl (C=O) groups is 1. The number of amides is 1. The number of aromatic amines is 1. The molecule has 27 heavy (non-hydrogen) atoms.